The lowest BCUT2D eigenvalue weighted by atomic mass is 10.0. The topological polar surface area (TPSA) is 55.2 Å². The molecule has 6 heteroatoms. The third-order valence-corrected chi connectivity index (χ3v) is 7.56. The van der Waals surface area contributed by atoms with Gasteiger partial charge in [-0.1, -0.05) is 107 Å². The maximum atomic E-state index is 13.5. The molecule has 0 aliphatic heterocycles. The molecule has 2 aromatic carbocycles. The van der Waals surface area contributed by atoms with Crippen LogP contribution in [-0.4, -0.2) is 27.4 Å². The summed E-state index contributed by atoms with van der Waals surface area (Å²) in [6, 6.07) is 14.1. The smallest absolute Gasteiger partial charge is 0.266 e. The van der Waals surface area contributed by atoms with Crippen LogP contribution in [0, 0.1) is 0 Å². The number of hydrogen-bond donors (Lipinski definition) is 0. The summed E-state index contributed by atoms with van der Waals surface area (Å²) in [5.74, 6) is 0.572. The predicted octanol–water partition coefficient (Wildman–Crippen LogP) is 8.26. The number of carbonyl (C=O) groups excluding carboxylic acids is 1. The van der Waals surface area contributed by atoms with Gasteiger partial charge in [-0.25, -0.2) is 4.98 Å². The maximum absolute atomic E-state index is 13.5. The molecule has 1 heterocycles. The van der Waals surface area contributed by atoms with Gasteiger partial charge in [0.05, 0.1) is 27.7 Å². The van der Waals surface area contributed by atoms with Gasteiger partial charge in [0, 0.05) is 13.5 Å². The first-order chi connectivity index (χ1) is 18.0. The van der Waals surface area contributed by atoms with Crippen LogP contribution in [0.1, 0.15) is 103 Å². The Morgan fingerprint density at radius 2 is 1.46 bits per heavy atom. The first kappa shape index (κ1) is 28.9. The van der Waals surface area contributed by atoms with E-state index < -0.39 is 6.04 Å². The third kappa shape index (κ3) is 7.91. The Hall–Kier alpha value is -2.66. The summed E-state index contributed by atoms with van der Waals surface area (Å²) in [6.07, 6.45) is 14.2. The number of para-hydroxylation sites is 2. The van der Waals surface area contributed by atoms with Crippen LogP contribution >= 0.6 is 11.6 Å². The van der Waals surface area contributed by atoms with Crippen molar-refractivity contribution < 1.29 is 4.79 Å². The number of fused-ring (bicyclic) bond motifs is 1. The van der Waals surface area contributed by atoms with Gasteiger partial charge < -0.3 is 4.90 Å². The summed E-state index contributed by atoms with van der Waals surface area (Å²) in [7, 11) is 1.80. The number of unbranched alkanes of at least 4 members (excludes halogenated alkanes) is 10. The lowest BCUT2D eigenvalue weighted by molar-refractivity contribution is -0.132. The van der Waals surface area contributed by atoms with Crippen molar-refractivity contribution in [3.05, 3.63) is 69.7 Å². The number of amides is 1. The first-order valence-corrected chi connectivity index (χ1v) is 14.4. The van der Waals surface area contributed by atoms with Gasteiger partial charge >= 0.3 is 0 Å². The van der Waals surface area contributed by atoms with E-state index in [0.29, 0.717) is 33.9 Å². The Kier molecular flexibility index (Phi) is 11.7. The molecule has 5 nitrogen and oxygen atoms in total. The van der Waals surface area contributed by atoms with E-state index >= 15 is 0 Å². The van der Waals surface area contributed by atoms with E-state index in [1.54, 1.807) is 28.6 Å². The number of benzene rings is 2. The summed E-state index contributed by atoms with van der Waals surface area (Å²) < 4.78 is 1.56. The Balaban J connectivity index is 1.62. The van der Waals surface area contributed by atoms with Crippen molar-refractivity contribution in [1.29, 1.82) is 0 Å². The van der Waals surface area contributed by atoms with E-state index in [4.69, 9.17) is 16.6 Å². The molecule has 3 rings (SSSR count). The second kappa shape index (κ2) is 14.9. The number of hydrogen-bond acceptors (Lipinski definition) is 3. The standard InChI is InChI=1S/C31H42ClN3O2/c1-4-5-6-7-8-9-10-11-12-13-14-23-29(36)34(3)24(2)30-33-27-21-17-15-19-25(27)31(37)35(30)28-22-18-16-20-26(28)32/h15-22,24H,4-14,23H2,1-3H3. The highest BCUT2D eigenvalue weighted by Gasteiger charge is 2.24. The van der Waals surface area contributed by atoms with E-state index in [1.807, 2.05) is 43.3 Å². The minimum atomic E-state index is -0.395. The number of halogens is 1. The molecular weight excluding hydrogens is 482 g/mol. The highest BCUT2D eigenvalue weighted by atomic mass is 35.5. The SMILES string of the molecule is CCCCCCCCCCCCCC(=O)N(C)C(C)c1nc2ccccc2c(=O)n1-c1ccccc1Cl. The zero-order valence-corrected chi connectivity index (χ0v) is 23.5. The fourth-order valence-corrected chi connectivity index (χ4v) is 5.02. The molecule has 0 saturated heterocycles. The Bertz CT molecular complexity index is 1210. The molecule has 1 aromatic heterocycles. The second-order valence-corrected chi connectivity index (χ2v) is 10.5. The highest BCUT2D eigenvalue weighted by Crippen LogP contribution is 2.26. The number of aromatic nitrogens is 2. The molecule has 0 aliphatic rings. The number of nitrogens with zero attached hydrogens (tertiary/aromatic N) is 3. The van der Waals surface area contributed by atoms with Gasteiger partial charge in [0.2, 0.25) is 5.91 Å². The lowest BCUT2D eigenvalue weighted by Crippen LogP contribution is -2.34. The van der Waals surface area contributed by atoms with E-state index in [-0.39, 0.29) is 11.5 Å². The summed E-state index contributed by atoms with van der Waals surface area (Å²) in [6.45, 7) is 4.17. The zero-order valence-electron chi connectivity index (χ0n) is 22.7. The lowest BCUT2D eigenvalue weighted by Gasteiger charge is -2.27. The predicted molar refractivity (Wildman–Crippen MR) is 155 cm³/mol. The average Bonchev–Trinajstić information content (AvgIpc) is 2.91. The summed E-state index contributed by atoms with van der Waals surface area (Å²) in [4.78, 5) is 33.1. The van der Waals surface area contributed by atoms with Crippen molar-refractivity contribution in [3.63, 3.8) is 0 Å². The van der Waals surface area contributed by atoms with Crippen LogP contribution in [-0.2, 0) is 4.79 Å². The molecule has 1 amide bonds. The van der Waals surface area contributed by atoms with Gasteiger partial charge in [0.1, 0.15) is 5.82 Å². The number of carbonyl (C=O) groups is 1. The Labute approximate surface area is 226 Å². The molecule has 0 N–H and O–H groups in total. The van der Waals surface area contributed by atoms with Crippen LogP contribution in [0.5, 0.6) is 0 Å². The van der Waals surface area contributed by atoms with Crippen LogP contribution in [0.4, 0.5) is 0 Å². The quantitative estimate of drug-likeness (QED) is 0.188. The van der Waals surface area contributed by atoms with Gasteiger partial charge in [-0.2, -0.15) is 0 Å². The highest BCUT2D eigenvalue weighted by molar-refractivity contribution is 6.32. The number of rotatable bonds is 15. The molecule has 1 unspecified atom stereocenters. The van der Waals surface area contributed by atoms with Crippen molar-refractivity contribution in [2.45, 2.75) is 96.9 Å². The van der Waals surface area contributed by atoms with Crippen molar-refractivity contribution in [2.24, 2.45) is 0 Å². The normalized spacial score (nSPS) is 12.1. The Morgan fingerprint density at radius 3 is 2.11 bits per heavy atom. The zero-order chi connectivity index (χ0) is 26.6. The second-order valence-electron chi connectivity index (χ2n) is 10.0. The van der Waals surface area contributed by atoms with Crippen molar-refractivity contribution >= 4 is 28.4 Å². The maximum Gasteiger partial charge on any atom is 0.266 e. The van der Waals surface area contributed by atoms with E-state index in [2.05, 4.69) is 6.92 Å². The largest absolute Gasteiger partial charge is 0.336 e. The Morgan fingerprint density at radius 1 is 0.892 bits per heavy atom. The van der Waals surface area contributed by atoms with Gasteiger partial charge in [-0.05, 0) is 37.6 Å². The molecule has 37 heavy (non-hydrogen) atoms. The monoisotopic (exact) mass is 523 g/mol. The fourth-order valence-electron chi connectivity index (χ4n) is 4.80. The minimum absolute atomic E-state index is 0.0662. The molecule has 0 aliphatic carbocycles. The van der Waals surface area contributed by atoms with Crippen LogP contribution in [0.3, 0.4) is 0 Å². The molecule has 3 aromatic rings. The molecule has 200 valence electrons. The van der Waals surface area contributed by atoms with Crippen LogP contribution < -0.4 is 5.56 Å². The molecule has 1 atom stereocenters. The average molecular weight is 524 g/mol. The van der Waals surface area contributed by atoms with Gasteiger partial charge in [0.25, 0.3) is 5.56 Å². The summed E-state index contributed by atoms with van der Waals surface area (Å²) >= 11 is 6.49. The van der Waals surface area contributed by atoms with Crippen molar-refractivity contribution in [1.82, 2.24) is 14.5 Å². The first-order valence-electron chi connectivity index (χ1n) is 14.0. The van der Waals surface area contributed by atoms with E-state index in [0.717, 1.165) is 12.8 Å². The summed E-state index contributed by atoms with van der Waals surface area (Å²) in [5, 5.41) is 0.985. The molecule has 0 fully saturated rings. The summed E-state index contributed by atoms with van der Waals surface area (Å²) in [5.41, 5.74) is 0.996. The fraction of sp³-hybridized carbons (Fsp3) is 0.516. The van der Waals surface area contributed by atoms with Crippen molar-refractivity contribution in [3.8, 4) is 5.69 Å². The van der Waals surface area contributed by atoms with Gasteiger partial charge in [0.15, 0.2) is 0 Å². The van der Waals surface area contributed by atoms with Crippen LogP contribution in [0.15, 0.2) is 53.3 Å². The van der Waals surface area contributed by atoms with E-state index in [9.17, 15) is 9.59 Å². The van der Waals surface area contributed by atoms with E-state index in [1.165, 1.54) is 57.8 Å². The van der Waals surface area contributed by atoms with Crippen LogP contribution in [0.25, 0.3) is 16.6 Å². The van der Waals surface area contributed by atoms with Gasteiger partial charge in [-0.3, -0.25) is 14.2 Å². The van der Waals surface area contributed by atoms with Crippen LogP contribution in [0.2, 0.25) is 5.02 Å². The molecular formula is C31H42ClN3O2. The third-order valence-electron chi connectivity index (χ3n) is 7.24. The molecule has 0 bridgehead atoms. The molecule has 0 radical (unpaired) electrons. The molecule has 0 saturated carbocycles. The van der Waals surface area contributed by atoms with Crippen molar-refractivity contribution in [2.75, 3.05) is 7.05 Å². The molecule has 0 spiro atoms. The minimum Gasteiger partial charge on any atom is -0.336 e. The van der Waals surface area contributed by atoms with Gasteiger partial charge in [-0.15, -0.1) is 0 Å².